The van der Waals surface area contributed by atoms with Crippen molar-refractivity contribution in [3.63, 3.8) is 0 Å². The van der Waals surface area contributed by atoms with Crippen LogP contribution in [-0.2, 0) is 10.0 Å². The summed E-state index contributed by atoms with van der Waals surface area (Å²) in [6, 6.07) is 11.4. The maximum Gasteiger partial charge on any atom is 0.246 e. The van der Waals surface area contributed by atoms with Gasteiger partial charge >= 0.3 is 0 Å². The van der Waals surface area contributed by atoms with Crippen molar-refractivity contribution in [3.8, 4) is 5.75 Å². The molecule has 1 saturated heterocycles. The molecule has 144 valence electrons. The fraction of sp³-hybridized carbons (Fsp3) is 0.450. The largest absolute Gasteiger partial charge is 0.493 e. The number of pyridine rings is 1. The van der Waals surface area contributed by atoms with E-state index in [9.17, 15) is 8.42 Å². The SMILES string of the molecule is O=S(=O)(c1cccnc1NCC1CCOc2ccccc21)N1CCCCC1. The molecule has 0 radical (unpaired) electrons. The Labute approximate surface area is 160 Å². The zero-order valence-electron chi connectivity index (χ0n) is 15.3. The number of anilines is 1. The number of ether oxygens (including phenoxy) is 1. The van der Waals surface area contributed by atoms with Gasteiger partial charge in [0.2, 0.25) is 10.0 Å². The van der Waals surface area contributed by atoms with Gasteiger partial charge in [0.05, 0.1) is 6.61 Å². The van der Waals surface area contributed by atoms with E-state index in [0.717, 1.165) is 37.0 Å². The number of aromatic nitrogens is 1. The van der Waals surface area contributed by atoms with E-state index in [-0.39, 0.29) is 10.8 Å². The van der Waals surface area contributed by atoms with Crippen LogP contribution in [0.3, 0.4) is 0 Å². The van der Waals surface area contributed by atoms with Crippen LogP contribution < -0.4 is 10.1 Å². The summed E-state index contributed by atoms with van der Waals surface area (Å²) >= 11 is 0. The van der Waals surface area contributed by atoms with Gasteiger partial charge in [0, 0.05) is 31.7 Å². The molecule has 7 heteroatoms. The lowest BCUT2D eigenvalue weighted by Crippen LogP contribution is -2.36. The number of benzene rings is 1. The van der Waals surface area contributed by atoms with Gasteiger partial charge in [-0.3, -0.25) is 0 Å². The summed E-state index contributed by atoms with van der Waals surface area (Å²) < 4.78 is 33.5. The molecule has 4 rings (SSSR count). The molecule has 1 N–H and O–H groups in total. The summed E-state index contributed by atoms with van der Waals surface area (Å²) in [5.41, 5.74) is 1.16. The molecule has 1 aromatic heterocycles. The fourth-order valence-electron chi connectivity index (χ4n) is 3.82. The number of sulfonamides is 1. The van der Waals surface area contributed by atoms with Crippen LogP contribution >= 0.6 is 0 Å². The number of nitrogens with one attached hydrogen (secondary N) is 1. The van der Waals surface area contributed by atoms with E-state index < -0.39 is 10.0 Å². The standard InChI is InChI=1S/C20H25N3O3S/c24-27(25,23-12-4-1-5-13-23)19-9-6-11-21-20(19)22-15-16-10-14-26-18-8-3-2-7-17(16)18/h2-3,6-9,11,16H,1,4-5,10,12-15H2,(H,21,22). The highest BCUT2D eigenvalue weighted by atomic mass is 32.2. The molecule has 0 spiro atoms. The molecule has 0 amide bonds. The number of para-hydroxylation sites is 1. The lowest BCUT2D eigenvalue weighted by Gasteiger charge is -2.28. The Morgan fingerprint density at radius 3 is 2.78 bits per heavy atom. The predicted octanol–water partition coefficient (Wildman–Crippen LogP) is 3.23. The van der Waals surface area contributed by atoms with Crippen LogP contribution in [-0.4, -0.2) is 43.9 Å². The molecule has 1 fully saturated rings. The van der Waals surface area contributed by atoms with E-state index in [1.807, 2.05) is 18.2 Å². The quantitative estimate of drug-likeness (QED) is 0.853. The molecule has 1 unspecified atom stereocenters. The summed E-state index contributed by atoms with van der Waals surface area (Å²) in [6.07, 6.45) is 5.45. The van der Waals surface area contributed by atoms with Crippen molar-refractivity contribution in [2.75, 3.05) is 31.6 Å². The first kappa shape index (κ1) is 18.3. The molecule has 27 heavy (non-hydrogen) atoms. The van der Waals surface area contributed by atoms with Crippen LogP contribution in [0.5, 0.6) is 5.75 Å². The second kappa shape index (κ2) is 7.86. The van der Waals surface area contributed by atoms with Gasteiger partial charge in [0.1, 0.15) is 16.5 Å². The van der Waals surface area contributed by atoms with Crippen molar-refractivity contribution in [3.05, 3.63) is 48.2 Å². The van der Waals surface area contributed by atoms with Crippen LogP contribution in [0.15, 0.2) is 47.5 Å². The third kappa shape index (κ3) is 3.80. The van der Waals surface area contributed by atoms with Crippen LogP contribution in [0.4, 0.5) is 5.82 Å². The van der Waals surface area contributed by atoms with Gasteiger partial charge in [-0.15, -0.1) is 0 Å². The van der Waals surface area contributed by atoms with Crippen LogP contribution in [0.1, 0.15) is 37.2 Å². The first-order valence-electron chi connectivity index (χ1n) is 9.57. The molecule has 0 aliphatic carbocycles. The summed E-state index contributed by atoms with van der Waals surface area (Å²) in [6.45, 7) is 2.47. The molecule has 3 heterocycles. The highest BCUT2D eigenvalue weighted by molar-refractivity contribution is 7.89. The van der Waals surface area contributed by atoms with E-state index in [1.165, 1.54) is 0 Å². The topological polar surface area (TPSA) is 71.5 Å². The highest BCUT2D eigenvalue weighted by Crippen LogP contribution is 2.34. The van der Waals surface area contributed by atoms with Crippen LogP contribution in [0.2, 0.25) is 0 Å². The first-order valence-corrected chi connectivity index (χ1v) is 11.0. The van der Waals surface area contributed by atoms with Gasteiger partial charge in [0.25, 0.3) is 0 Å². The monoisotopic (exact) mass is 387 g/mol. The second-order valence-corrected chi connectivity index (χ2v) is 8.97. The minimum Gasteiger partial charge on any atom is -0.493 e. The Morgan fingerprint density at radius 2 is 1.93 bits per heavy atom. The zero-order valence-corrected chi connectivity index (χ0v) is 16.1. The minimum absolute atomic E-state index is 0.266. The van der Waals surface area contributed by atoms with Gasteiger partial charge in [-0.2, -0.15) is 4.31 Å². The van der Waals surface area contributed by atoms with Gasteiger partial charge in [-0.1, -0.05) is 24.6 Å². The lowest BCUT2D eigenvalue weighted by atomic mass is 9.93. The number of rotatable bonds is 5. The summed E-state index contributed by atoms with van der Waals surface area (Å²) in [7, 11) is -3.52. The normalized spacial score (nSPS) is 20.5. The average molecular weight is 388 g/mol. The molecule has 1 aromatic carbocycles. The smallest absolute Gasteiger partial charge is 0.246 e. The van der Waals surface area contributed by atoms with Crippen molar-refractivity contribution >= 4 is 15.8 Å². The molecule has 2 aliphatic rings. The molecule has 0 saturated carbocycles. The van der Waals surface area contributed by atoms with Crippen LogP contribution in [0.25, 0.3) is 0 Å². The van der Waals surface area contributed by atoms with Crippen molar-refractivity contribution in [2.45, 2.75) is 36.5 Å². The van der Waals surface area contributed by atoms with E-state index >= 15 is 0 Å². The third-order valence-electron chi connectivity index (χ3n) is 5.30. The third-order valence-corrected chi connectivity index (χ3v) is 7.23. The maximum atomic E-state index is 13.1. The highest BCUT2D eigenvalue weighted by Gasteiger charge is 2.29. The molecule has 6 nitrogen and oxygen atoms in total. The van der Waals surface area contributed by atoms with E-state index in [1.54, 1.807) is 22.6 Å². The van der Waals surface area contributed by atoms with E-state index in [4.69, 9.17) is 4.74 Å². The number of piperidine rings is 1. The number of hydrogen-bond acceptors (Lipinski definition) is 5. The molecule has 2 aromatic rings. The van der Waals surface area contributed by atoms with E-state index in [0.29, 0.717) is 32.1 Å². The Bertz CT molecular complexity index is 895. The van der Waals surface area contributed by atoms with Crippen molar-refractivity contribution in [1.82, 2.24) is 9.29 Å². The fourth-order valence-corrected chi connectivity index (χ4v) is 5.46. The number of hydrogen-bond donors (Lipinski definition) is 1. The summed E-state index contributed by atoms with van der Waals surface area (Å²) in [5, 5.41) is 3.30. The van der Waals surface area contributed by atoms with Gasteiger partial charge in [-0.05, 0) is 43.0 Å². The van der Waals surface area contributed by atoms with Gasteiger partial charge in [0.15, 0.2) is 0 Å². The average Bonchev–Trinajstić information content (AvgIpc) is 2.73. The second-order valence-electron chi connectivity index (χ2n) is 7.07. The molecular formula is C20H25N3O3S. The predicted molar refractivity (Wildman–Crippen MR) is 105 cm³/mol. The Kier molecular flexibility index (Phi) is 5.31. The Hall–Kier alpha value is -2.12. The molecule has 1 atom stereocenters. The lowest BCUT2D eigenvalue weighted by molar-refractivity contribution is 0.270. The molecular weight excluding hydrogens is 362 g/mol. The zero-order chi connectivity index (χ0) is 18.7. The van der Waals surface area contributed by atoms with Crippen LogP contribution in [0, 0.1) is 0 Å². The molecule has 2 aliphatic heterocycles. The number of nitrogens with zero attached hydrogens (tertiary/aromatic N) is 2. The first-order chi connectivity index (χ1) is 13.2. The summed E-state index contributed by atoms with van der Waals surface area (Å²) in [5.74, 6) is 1.62. The van der Waals surface area contributed by atoms with Gasteiger partial charge < -0.3 is 10.1 Å². The van der Waals surface area contributed by atoms with Crippen molar-refractivity contribution < 1.29 is 13.2 Å². The van der Waals surface area contributed by atoms with E-state index in [2.05, 4.69) is 16.4 Å². The van der Waals surface area contributed by atoms with Crippen molar-refractivity contribution in [2.24, 2.45) is 0 Å². The Morgan fingerprint density at radius 1 is 1.11 bits per heavy atom. The maximum absolute atomic E-state index is 13.1. The van der Waals surface area contributed by atoms with Gasteiger partial charge in [-0.25, -0.2) is 13.4 Å². The Balaban J connectivity index is 1.54. The minimum atomic E-state index is -3.52. The number of fused-ring (bicyclic) bond motifs is 1. The van der Waals surface area contributed by atoms with Crippen molar-refractivity contribution in [1.29, 1.82) is 0 Å². The molecule has 0 bridgehead atoms. The summed E-state index contributed by atoms with van der Waals surface area (Å²) in [4.78, 5) is 4.60.